The molecule has 164 valence electrons. The van der Waals surface area contributed by atoms with E-state index in [0.717, 1.165) is 10.6 Å². The van der Waals surface area contributed by atoms with Crippen LogP contribution in [0, 0.1) is 0 Å². The summed E-state index contributed by atoms with van der Waals surface area (Å²) >= 11 is 7.54. The summed E-state index contributed by atoms with van der Waals surface area (Å²) in [4.78, 5) is 30.5. The molecule has 1 aromatic heterocycles. The standard InChI is InChI=1S/C24H21ClN2O4S/c1-26(2)15-7-9-16(10-8-15)27-21(19-5-4-12-32-19)20(23(29)24(27)30)22(28)17-13-14(25)6-11-18(17)31-3/h4-13,21,28H,1-3H3/b22-20-. The third-order valence-electron chi connectivity index (χ3n) is 5.32. The van der Waals surface area contributed by atoms with E-state index >= 15 is 0 Å². The van der Waals surface area contributed by atoms with Crippen LogP contribution in [0.2, 0.25) is 5.02 Å². The van der Waals surface area contributed by atoms with Gasteiger partial charge in [-0.2, -0.15) is 0 Å². The third-order valence-corrected chi connectivity index (χ3v) is 6.48. The number of nitrogens with zero attached hydrogens (tertiary/aromatic N) is 2. The Morgan fingerprint density at radius 1 is 1.12 bits per heavy atom. The summed E-state index contributed by atoms with van der Waals surface area (Å²) in [6.07, 6.45) is 0. The van der Waals surface area contributed by atoms with Gasteiger partial charge in [0.25, 0.3) is 11.7 Å². The van der Waals surface area contributed by atoms with Gasteiger partial charge in [0.05, 0.1) is 18.2 Å². The van der Waals surface area contributed by atoms with Gasteiger partial charge < -0.3 is 14.7 Å². The molecule has 1 amide bonds. The smallest absolute Gasteiger partial charge is 0.300 e. The number of hydrogen-bond acceptors (Lipinski definition) is 6. The van der Waals surface area contributed by atoms with Crippen molar-refractivity contribution in [2.45, 2.75) is 6.04 Å². The summed E-state index contributed by atoms with van der Waals surface area (Å²) in [6.45, 7) is 0. The Morgan fingerprint density at radius 3 is 2.44 bits per heavy atom. The minimum Gasteiger partial charge on any atom is -0.507 e. The van der Waals surface area contributed by atoms with Crippen molar-refractivity contribution in [2.24, 2.45) is 0 Å². The van der Waals surface area contributed by atoms with Crippen LogP contribution in [0.15, 0.2) is 65.6 Å². The molecule has 32 heavy (non-hydrogen) atoms. The molecule has 0 bridgehead atoms. The molecule has 1 atom stereocenters. The lowest BCUT2D eigenvalue weighted by atomic mass is 9.99. The quantitative estimate of drug-likeness (QED) is 0.320. The predicted octanol–water partition coefficient (Wildman–Crippen LogP) is 5.10. The number of aliphatic hydroxyl groups is 1. The molecule has 8 heteroatoms. The summed E-state index contributed by atoms with van der Waals surface area (Å²) in [6, 6.07) is 15.0. The Kier molecular flexibility index (Phi) is 5.95. The first-order chi connectivity index (χ1) is 15.3. The molecule has 1 aliphatic heterocycles. The molecular weight excluding hydrogens is 448 g/mol. The molecule has 0 radical (unpaired) electrons. The molecule has 4 rings (SSSR count). The van der Waals surface area contributed by atoms with E-state index < -0.39 is 17.7 Å². The highest BCUT2D eigenvalue weighted by Crippen LogP contribution is 2.45. The number of methoxy groups -OCH3 is 1. The van der Waals surface area contributed by atoms with Crippen molar-refractivity contribution in [3.63, 3.8) is 0 Å². The largest absolute Gasteiger partial charge is 0.507 e. The molecule has 1 aliphatic rings. The average Bonchev–Trinajstić information content (AvgIpc) is 3.40. The van der Waals surface area contributed by atoms with Gasteiger partial charge >= 0.3 is 0 Å². The van der Waals surface area contributed by atoms with E-state index in [4.69, 9.17) is 16.3 Å². The highest BCUT2D eigenvalue weighted by Gasteiger charge is 2.47. The molecule has 6 nitrogen and oxygen atoms in total. The summed E-state index contributed by atoms with van der Waals surface area (Å²) in [5.74, 6) is -1.45. The molecule has 0 aliphatic carbocycles. The van der Waals surface area contributed by atoms with Gasteiger partial charge in [-0.15, -0.1) is 11.3 Å². The van der Waals surface area contributed by atoms with Crippen molar-refractivity contribution in [1.29, 1.82) is 0 Å². The lowest BCUT2D eigenvalue weighted by molar-refractivity contribution is -0.132. The second-order valence-corrected chi connectivity index (χ2v) is 8.86. The Balaban J connectivity index is 1.91. The van der Waals surface area contributed by atoms with Crippen molar-refractivity contribution in [3.8, 4) is 5.75 Å². The van der Waals surface area contributed by atoms with E-state index in [1.165, 1.54) is 29.4 Å². The van der Waals surface area contributed by atoms with Crippen LogP contribution in [0.1, 0.15) is 16.5 Å². The van der Waals surface area contributed by atoms with Crippen molar-refractivity contribution in [3.05, 3.63) is 81.0 Å². The number of hydrogen-bond donors (Lipinski definition) is 1. The summed E-state index contributed by atoms with van der Waals surface area (Å²) < 4.78 is 5.35. The number of anilines is 2. The molecule has 1 unspecified atom stereocenters. The molecule has 2 aromatic carbocycles. The van der Waals surface area contributed by atoms with E-state index in [1.54, 1.807) is 24.3 Å². The normalized spacial score (nSPS) is 17.6. The Labute approximate surface area is 194 Å². The molecule has 0 saturated carbocycles. The molecule has 2 heterocycles. The topological polar surface area (TPSA) is 70.1 Å². The minimum absolute atomic E-state index is 0.00490. The number of carbonyl (C=O) groups excluding carboxylic acids is 2. The zero-order chi connectivity index (χ0) is 23.0. The first-order valence-corrected chi connectivity index (χ1v) is 11.0. The zero-order valence-electron chi connectivity index (χ0n) is 17.7. The second kappa shape index (κ2) is 8.68. The number of Topliss-reactive ketones (excluding diaryl/α,β-unsaturated/α-hetero) is 1. The maximum absolute atomic E-state index is 13.2. The number of carbonyl (C=O) groups is 2. The van der Waals surface area contributed by atoms with Crippen LogP contribution in [0.3, 0.4) is 0 Å². The van der Waals surface area contributed by atoms with Crippen LogP contribution in [0.5, 0.6) is 5.75 Å². The second-order valence-electron chi connectivity index (χ2n) is 7.44. The van der Waals surface area contributed by atoms with Gasteiger partial charge in [0.1, 0.15) is 17.6 Å². The highest BCUT2D eigenvalue weighted by molar-refractivity contribution is 7.10. The lowest BCUT2D eigenvalue weighted by Crippen LogP contribution is -2.29. The number of ketones is 1. The monoisotopic (exact) mass is 468 g/mol. The van der Waals surface area contributed by atoms with Gasteiger partial charge in [-0.25, -0.2) is 0 Å². The predicted molar refractivity (Wildman–Crippen MR) is 128 cm³/mol. The number of aliphatic hydroxyl groups excluding tert-OH is 1. The summed E-state index contributed by atoms with van der Waals surface area (Å²) in [7, 11) is 5.30. The highest BCUT2D eigenvalue weighted by atomic mass is 35.5. The van der Waals surface area contributed by atoms with Crippen LogP contribution in [0.4, 0.5) is 11.4 Å². The van der Waals surface area contributed by atoms with Gasteiger partial charge in [0, 0.05) is 35.4 Å². The number of halogens is 1. The van der Waals surface area contributed by atoms with Gasteiger partial charge in [-0.05, 0) is 53.9 Å². The van der Waals surface area contributed by atoms with Crippen molar-refractivity contribution in [1.82, 2.24) is 0 Å². The van der Waals surface area contributed by atoms with Crippen LogP contribution < -0.4 is 14.5 Å². The first kappa shape index (κ1) is 21.9. The van der Waals surface area contributed by atoms with Crippen LogP contribution in [-0.2, 0) is 9.59 Å². The lowest BCUT2D eigenvalue weighted by Gasteiger charge is -2.25. The molecule has 1 fully saturated rings. The fourth-order valence-electron chi connectivity index (χ4n) is 3.74. The van der Waals surface area contributed by atoms with Crippen molar-refractivity contribution < 1.29 is 19.4 Å². The number of benzene rings is 2. The molecule has 0 spiro atoms. The van der Waals surface area contributed by atoms with Gasteiger partial charge in [-0.1, -0.05) is 17.7 Å². The first-order valence-electron chi connectivity index (χ1n) is 9.79. The molecule has 1 N–H and O–H groups in total. The zero-order valence-corrected chi connectivity index (χ0v) is 19.3. The number of amides is 1. The van der Waals surface area contributed by atoms with E-state index in [-0.39, 0.29) is 16.9 Å². The number of thiophene rings is 1. The molecule has 3 aromatic rings. The summed E-state index contributed by atoms with van der Waals surface area (Å²) in [5.41, 5.74) is 1.77. The van der Waals surface area contributed by atoms with E-state index in [0.29, 0.717) is 16.5 Å². The minimum atomic E-state index is -0.774. The van der Waals surface area contributed by atoms with Gasteiger partial charge in [-0.3, -0.25) is 14.5 Å². The van der Waals surface area contributed by atoms with Crippen LogP contribution >= 0.6 is 22.9 Å². The van der Waals surface area contributed by atoms with E-state index in [9.17, 15) is 14.7 Å². The van der Waals surface area contributed by atoms with E-state index in [1.807, 2.05) is 48.6 Å². The van der Waals surface area contributed by atoms with Gasteiger partial charge in [0.15, 0.2) is 0 Å². The van der Waals surface area contributed by atoms with Crippen molar-refractivity contribution >= 4 is 51.8 Å². The van der Waals surface area contributed by atoms with Crippen LogP contribution in [-0.4, -0.2) is 38.0 Å². The Morgan fingerprint density at radius 2 is 1.84 bits per heavy atom. The van der Waals surface area contributed by atoms with Crippen molar-refractivity contribution in [2.75, 3.05) is 31.0 Å². The van der Waals surface area contributed by atoms with Gasteiger partial charge in [0.2, 0.25) is 0 Å². The maximum Gasteiger partial charge on any atom is 0.300 e. The Hall–Kier alpha value is -3.29. The SMILES string of the molecule is COc1ccc(Cl)cc1/C(O)=C1/C(=O)C(=O)N(c2ccc(N(C)C)cc2)C1c1cccs1. The number of ether oxygens (including phenoxy) is 1. The number of rotatable bonds is 5. The average molecular weight is 469 g/mol. The summed E-state index contributed by atoms with van der Waals surface area (Å²) in [5, 5.41) is 13.5. The van der Waals surface area contributed by atoms with Crippen LogP contribution in [0.25, 0.3) is 5.76 Å². The maximum atomic E-state index is 13.2. The fourth-order valence-corrected chi connectivity index (χ4v) is 4.73. The third kappa shape index (κ3) is 3.74. The molecular formula is C24H21ClN2O4S. The van der Waals surface area contributed by atoms with E-state index in [2.05, 4.69) is 0 Å². The fraction of sp³-hybridized carbons (Fsp3) is 0.167. The Bertz CT molecular complexity index is 1200. The molecule has 1 saturated heterocycles.